The predicted molar refractivity (Wildman–Crippen MR) is 113 cm³/mol. The topological polar surface area (TPSA) is 58.6 Å². The minimum Gasteiger partial charge on any atom is -0.494 e. The first-order chi connectivity index (χ1) is 13.6. The van der Waals surface area contributed by atoms with Crippen LogP contribution in [0.25, 0.3) is 0 Å². The summed E-state index contributed by atoms with van der Waals surface area (Å²) in [6.07, 6.45) is 3.34. The standard InChI is InChI=1S/C23H30N2O3/c1-4-7-8-16-28-21-14-12-18(13-15-21)22(26)24-20-11-9-10-19(17-20)23(27)25(5-2)6-3/h9-15,17H,4-8,16H2,1-3H3,(H,24,26). The molecule has 2 amide bonds. The zero-order chi connectivity index (χ0) is 20.4. The maximum Gasteiger partial charge on any atom is 0.255 e. The van der Waals surface area contributed by atoms with Crippen molar-refractivity contribution in [2.45, 2.75) is 40.0 Å². The lowest BCUT2D eigenvalue weighted by atomic mass is 10.1. The van der Waals surface area contributed by atoms with Crippen LogP contribution in [-0.2, 0) is 0 Å². The van der Waals surface area contributed by atoms with E-state index in [4.69, 9.17) is 4.74 Å². The summed E-state index contributed by atoms with van der Waals surface area (Å²) in [5.41, 5.74) is 1.71. The van der Waals surface area contributed by atoms with E-state index in [1.165, 1.54) is 0 Å². The van der Waals surface area contributed by atoms with Crippen LogP contribution in [0, 0.1) is 0 Å². The second kappa shape index (κ2) is 11.1. The van der Waals surface area contributed by atoms with Crippen LogP contribution in [0.5, 0.6) is 5.75 Å². The van der Waals surface area contributed by atoms with E-state index in [0.29, 0.717) is 36.5 Å². The number of carbonyl (C=O) groups excluding carboxylic acids is 2. The molecular weight excluding hydrogens is 352 g/mol. The molecule has 0 unspecified atom stereocenters. The van der Waals surface area contributed by atoms with Gasteiger partial charge in [0.05, 0.1) is 6.61 Å². The zero-order valence-corrected chi connectivity index (χ0v) is 17.0. The number of amides is 2. The molecule has 5 heteroatoms. The average Bonchev–Trinajstić information content (AvgIpc) is 2.72. The van der Waals surface area contributed by atoms with Gasteiger partial charge in [-0.25, -0.2) is 0 Å². The molecule has 0 heterocycles. The van der Waals surface area contributed by atoms with E-state index in [2.05, 4.69) is 12.2 Å². The lowest BCUT2D eigenvalue weighted by molar-refractivity contribution is 0.0772. The first-order valence-electron chi connectivity index (χ1n) is 10.0. The highest BCUT2D eigenvalue weighted by atomic mass is 16.5. The highest BCUT2D eigenvalue weighted by Gasteiger charge is 2.13. The van der Waals surface area contributed by atoms with Crippen LogP contribution in [0.1, 0.15) is 60.7 Å². The molecule has 1 N–H and O–H groups in total. The van der Waals surface area contributed by atoms with Crippen molar-refractivity contribution in [3.05, 3.63) is 59.7 Å². The SMILES string of the molecule is CCCCCOc1ccc(C(=O)Nc2cccc(C(=O)N(CC)CC)c2)cc1. The molecule has 0 radical (unpaired) electrons. The molecule has 0 atom stereocenters. The van der Waals surface area contributed by atoms with E-state index < -0.39 is 0 Å². The quantitative estimate of drug-likeness (QED) is 0.589. The number of benzene rings is 2. The predicted octanol–water partition coefficient (Wildman–Crippen LogP) is 4.99. The van der Waals surface area contributed by atoms with Gasteiger partial charge in [0.15, 0.2) is 0 Å². The van der Waals surface area contributed by atoms with Gasteiger partial charge in [-0.15, -0.1) is 0 Å². The molecule has 0 fully saturated rings. The third kappa shape index (κ3) is 6.12. The van der Waals surface area contributed by atoms with Crippen molar-refractivity contribution in [3.8, 4) is 5.75 Å². The lowest BCUT2D eigenvalue weighted by Crippen LogP contribution is -2.30. The Balaban J connectivity index is 1.99. The first-order valence-corrected chi connectivity index (χ1v) is 10.0. The van der Waals surface area contributed by atoms with Crippen molar-refractivity contribution in [3.63, 3.8) is 0 Å². The first kappa shape index (κ1) is 21.5. The number of nitrogens with one attached hydrogen (secondary N) is 1. The Kier molecular flexibility index (Phi) is 8.53. The van der Waals surface area contributed by atoms with E-state index in [1.54, 1.807) is 53.4 Å². The van der Waals surface area contributed by atoms with Gasteiger partial charge in [0, 0.05) is 29.9 Å². The van der Waals surface area contributed by atoms with Gasteiger partial charge in [0.2, 0.25) is 0 Å². The summed E-state index contributed by atoms with van der Waals surface area (Å²) in [7, 11) is 0. The van der Waals surface area contributed by atoms with Crippen molar-refractivity contribution in [1.29, 1.82) is 0 Å². The molecule has 150 valence electrons. The number of anilines is 1. The Hall–Kier alpha value is -2.82. The Bertz CT molecular complexity index is 768. The summed E-state index contributed by atoms with van der Waals surface area (Å²) in [5.74, 6) is 0.509. The molecule has 0 aliphatic rings. The van der Waals surface area contributed by atoms with E-state index >= 15 is 0 Å². The molecule has 5 nitrogen and oxygen atoms in total. The molecule has 0 saturated carbocycles. The third-order valence-corrected chi connectivity index (χ3v) is 4.55. The van der Waals surface area contributed by atoms with Gasteiger partial charge in [-0.2, -0.15) is 0 Å². The third-order valence-electron chi connectivity index (χ3n) is 4.55. The second-order valence-corrected chi connectivity index (χ2v) is 6.59. The van der Waals surface area contributed by atoms with Crippen molar-refractivity contribution >= 4 is 17.5 Å². The minimum atomic E-state index is -0.218. The smallest absolute Gasteiger partial charge is 0.255 e. The van der Waals surface area contributed by atoms with Crippen LogP contribution in [0.2, 0.25) is 0 Å². The molecule has 0 bridgehead atoms. The summed E-state index contributed by atoms with van der Waals surface area (Å²) in [6.45, 7) is 8.04. The van der Waals surface area contributed by atoms with Gasteiger partial charge in [-0.1, -0.05) is 25.8 Å². The van der Waals surface area contributed by atoms with Crippen LogP contribution in [0.15, 0.2) is 48.5 Å². The van der Waals surface area contributed by atoms with Gasteiger partial charge in [-0.05, 0) is 62.7 Å². The van der Waals surface area contributed by atoms with Crippen LogP contribution in [0.4, 0.5) is 5.69 Å². The maximum atomic E-state index is 12.5. The minimum absolute atomic E-state index is 0.0364. The second-order valence-electron chi connectivity index (χ2n) is 6.59. The Labute approximate surface area is 167 Å². The summed E-state index contributed by atoms with van der Waals surface area (Å²) < 4.78 is 5.67. The summed E-state index contributed by atoms with van der Waals surface area (Å²) in [6, 6.07) is 14.1. The molecule has 2 rings (SSSR count). The molecule has 28 heavy (non-hydrogen) atoms. The highest BCUT2D eigenvalue weighted by molar-refractivity contribution is 6.05. The number of nitrogens with zero attached hydrogens (tertiary/aromatic N) is 1. The molecule has 0 aromatic heterocycles. The van der Waals surface area contributed by atoms with Crippen LogP contribution < -0.4 is 10.1 Å². The van der Waals surface area contributed by atoms with Crippen molar-refractivity contribution in [1.82, 2.24) is 4.90 Å². The number of hydrogen-bond donors (Lipinski definition) is 1. The average molecular weight is 383 g/mol. The van der Waals surface area contributed by atoms with Gasteiger partial charge >= 0.3 is 0 Å². The van der Waals surface area contributed by atoms with Crippen molar-refractivity contribution < 1.29 is 14.3 Å². The van der Waals surface area contributed by atoms with Crippen LogP contribution in [-0.4, -0.2) is 36.4 Å². The van der Waals surface area contributed by atoms with Crippen molar-refractivity contribution in [2.24, 2.45) is 0 Å². The Morgan fingerprint density at radius 3 is 2.29 bits per heavy atom. The van der Waals surface area contributed by atoms with E-state index in [0.717, 1.165) is 25.0 Å². The van der Waals surface area contributed by atoms with Crippen LogP contribution >= 0.6 is 0 Å². The number of hydrogen-bond acceptors (Lipinski definition) is 3. The van der Waals surface area contributed by atoms with Gasteiger partial charge in [0.25, 0.3) is 11.8 Å². The summed E-state index contributed by atoms with van der Waals surface area (Å²) in [5, 5.41) is 2.86. The van der Waals surface area contributed by atoms with Crippen LogP contribution in [0.3, 0.4) is 0 Å². The molecule has 0 saturated heterocycles. The number of ether oxygens (including phenoxy) is 1. The monoisotopic (exact) mass is 382 g/mol. The normalized spacial score (nSPS) is 10.4. The number of unbranched alkanes of at least 4 members (excludes halogenated alkanes) is 2. The fourth-order valence-corrected chi connectivity index (χ4v) is 2.87. The number of rotatable bonds is 10. The van der Waals surface area contributed by atoms with Gasteiger partial charge < -0.3 is 15.0 Å². The fraction of sp³-hybridized carbons (Fsp3) is 0.391. The zero-order valence-electron chi connectivity index (χ0n) is 17.0. The Morgan fingerprint density at radius 1 is 0.929 bits per heavy atom. The van der Waals surface area contributed by atoms with E-state index in [1.807, 2.05) is 13.8 Å². The number of carbonyl (C=O) groups is 2. The van der Waals surface area contributed by atoms with E-state index in [9.17, 15) is 9.59 Å². The lowest BCUT2D eigenvalue weighted by Gasteiger charge is -2.19. The summed E-state index contributed by atoms with van der Waals surface area (Å²) >= 11 is 0. The van der Waals surface area contributed by atoms with Gasteiger partial charge in [0.1, 0.15) is 5.75 Å². The molecule has 0 aliphatic carbocycles. The summed E-state index contributed by atoms with van der Waals surface area (Å²) in [4.78, 5) is 26.7. The largest absolute Gasteiger partial charge is 0.494 e. The molecule has 0 aliphatic heterocycles. The van der Waals surface area contributed by atoms with Crippen molar-refractivity contribution in [2.75, 3.05) is 25.0 Å². The molecule has 2 aromatic rings. The Morgan fingerprint density at radius 2 is 1.64 bits per heavy atom. The van der Waals surface area contributed by atoms with E-state index in [-0.39, 0.29) is 11.8 Å². The molecule has 2 aromatic carbocycles. The fourth-order valence-electron chi connectivity index (χ4n) is 2.87. The molecular formula is C23H30N2O3. The highest BCUT2D eigenvalue weighted by Crippen LogP contribution is 2.17. The maximum absolute atomic E-state index is 12.5. The molecule has 0 spiro atoms. The van der Waals surface area contributed by atoms with Gasteiger partial charge in [-0.3, -0.25) is 9.59 Å².